The van der Waals surface area contributed by atoms with Gasteiger partial charge in [0.05, 0.1) is 6.61 Å². The monoisotopic (exact) mass is 226 g/mol. The van der Waals surface area contributed by atoms with Gasteiger partial charge >= 0.3 is 0 Å². The van der Waals surface area contributed by atoms with Gasteiger partial charge in [-0.15, -0.1) is 0 Å². The minimum atomic E-state index is 0.369. The van der Waals surface area contributed by atoms with Gasteiger partial charge in [0.15, 0.2) is 0 Å². The molecule has 3 heteroatoms. The van der Waals surface area contributed by atoms with E-state index in [1.54, 1.807) is 0 Å². The van der Waals surface area contributed by atoms with E-state index in [-0.39, 0.29) is 0 Å². The van der Waals surface area contributed by atoms with Gasteiger partial charge < -0.3 is 15.4 Å². The van der Waals surface area contributed by atoms with E-state index in [9.17, 15) is 0 Å². The third-order valence-electron chi connectivity index (χ3n) is 4.44. The van der Waals surface area contributed by atoms with Gasteiger partial charge in [-0.25, -0.2) is 0 Å². The van der Waals surface area contributed by atoms with Gasteiger partial charge in [0.1, 0.15) is 0 Å². The van der Waals surface area contributed by atoms with Crippen molar-refractivity contribution in [2.45, 2.75) is 51.1 Å². The zero-order valence-electron chi connectivity index (χ0n) is 10.7. The maximum Gasteiger partial charge on any atom is 0.0509 e. The number of rotatable bonds is 5. The van der Waals surface area contributed by atoms with Gasteiger partial charge in [0.25, 0.3) is 0 Å². The third kappa shape index (κ3) is 2.76. The summed E-state index contributed by atoms with van der Waals surface area (Å²) in [4.78, 5) is 0. The molecule has 2 aliphatic rings. The summed E-state index contributed by atoms with van der Waals surface area (Å²) in [6, 6.07) is 0.591. The molecule has 2 fully saturated rings. The van der Waals surface area contributed by atoms with Crippen LogP contribution in [-0.2, 0) is 4.74 Å². The Morgan fingerprint density at radius 1 is 1.56 bits per heavy atom. The molecule has 2 saturated heterocycles. The highest BCUT2D eigenvalue weighted by Gasteiger charge is 2.32. The number of nitrogens with one attached hydrogen (secondary N) is 2. The van der Waals surface area contributed by atoms with E-state index >= 15 is 0 Å². The Bertz CT molecular complexity index is 208. The fourth-order valence-electron chi connectivity index (χ4n) is 2.92. The molecule has 3 nitrogen and oxygen atoms in total. The summed E-state index contributed by atoms with van der Waals surface area (Å²) in [6.45, 7) is 8.80. The molecule has 2 aliphatic heterocycles. The van der Waals surface area contributed by atoms with Crippen LogP contribution in [0, 0.1) is 5.92 Å². The molecule has 0 bridgehead atoms. The van der Waals surface area contributed by atoms with Crippen LogP contribution in [0.5, 0.6) is 0 Å². The highest BCUT2D eigenvalue weighted by molar-refractivity contribution is 4.94. The molecule has 0 saturated carbocycles. The lowest BCUT2D eigenvalue weighted by molar-refractivity contribution is 0.176. The number of hydrogen-bond donors (Lipinski definition) is 2. The second-order valence-corrected chi connectivity index (χ2v) is 5.46. The van der Waals surface area contributed by atoms with Crippen LogP contribution in [0.4, 0.5) is 0 Å². The summed E-state index contributed by atoms with van der Waals surface area (Å²) in [6.07, 6.45) is 5.11. The van der Waals surface area contributed by atoms with Gasteiger partial charge in [-0.3, -0.25) is 0 Å². The van der Waals surface area contributed by atoms with Crippen LogP contribution in [-0.4, -0.2) is 37.9 Å². The van der Waals surface area contributed by atoms with Gasteiger partial charge in [-0.1, -0.05) is 6.92 Å². The van der Waals surface area contributed by atoms with E-state index in [0.29, 0.717) is 11.6 Å². The first-order chi connectivity index (χ1) is 7.76. The fourth-order valence-corrected chi connectivity index (χ4v) is 2.92. The molecule has 2 rings (SSSR count). The average Bonchev–Trinajstić information content (AvgIpc) is 2.98. The minimum absolute atomic E-state index is 0.369. The van der Waals surface area contributed by atoms with Gasteiger partial charge in [0, 0.05) is 24.7 Å². The van der Waals surface area contributed by atoms with Crippen LogP contribution in [0.3, 0.4) is 0 Å². The topological polar surface area (TPSA) is 33.3 Å². The van der Waals surface area contributed by atoms with E-state index in [1.807, 2.05) is 0 Å². The Balaban J connectivity index is 1.76. The summed E-state index contributed by atoms with van der Waals surface area (Å²) < 4.78 is 5.45. The van der Waals surface area contributed by atoms with Crippen LogP contribution in [0.25, 0.3) is 0 Å². The predicted molar refractivity (Wildman–Crippen MR) is 66.6 cm³/mol. The van der Waals surface area contributed by atoms with Crippen molar-refractivity contribution in [2.24, 2.45) is 5.92 Å². The summed E-state index contributed by atoms with van der Waals surface area (Å²) in [7, 11) is 0. The molecule has 3 atom stereocenters. The Morgan fingerprint density at radius 3 is 3.00 bits per heavy atom. The van der Waals surface area contributed by atoms with E-state index in [0.717, 1.165) is 25.7 Å². The molecule has 0 amide bonds. The maximum atomic E-state index is 5.45. The van der Waals surface area contributed by atoms with Crippen molar-refractivity contribution >= 4 is 0 Å². The van der Waals surface area contributed by atoms with Gasteiger partial charge in [-0.05, 0) is 45.1 Å². The van der Waals surface area contributed by atoms with Crippen LogP contribution < -0.4 is 10.6 Å². The summed E-state index contributed by atoms with van der Waals surface area (Å²) in [5, 5.41) is 7.39. The summed E-state index contributed by atoms with van der Waals surface area (Å²) >= 11 is 0. The van der Waals surface area contributed by atoms with Crippen LogP contribution in [0.2, 0.25) is 0 Å². The normalized spacial score (nSPS) is 36.8. The van der Waals surface area contributed by atoms with Crippen LogP contribution in [0.1, 0.15) is 39.5 Å². The van der Waals surface area contributed by atoms with Crippen LogP contribution >= 0.6 is 0 Å². The van der Waals surface area contributed by atoms with Gasteiger partial charge in [-0.2, -0.15) is 0 Å². The molecule has 16 heavy (non-hydrogen) atoms. The first-order valence-electron chi connectivity index (χ1n) is 6.82. The first-order valence-corrected chi connectivity index (χ1v) is 6.82. The van der Waals surface area contributed by atoms with Gasteiger partial charge in [0.2, 0.25) is 0 Å². The molecule has 3 unspecified atom stereocenters. The standard InChI is InChI=1S/C13H26N2O/c1-3-13(6-4-7-15-13)10-14-11(2)12-5-8-16-9-12/h11-12,14-15H,3-10H2,1-2H3. The smallest absolute Gasteiger partial charge is 0.0509 e. The predicted octanol–water partition coefficient (Wildman–Crippen LogP) is 1.53. The Labute approximate surface area is 99.3 Å². The van der Waals surface area contributed by atoms with Crippen molar-refractivity contribution in [1.82, 2.24) is 10.6 Å². The van der Waals surface area contributed by atoms with Crippen molar-refractivity contribution < 1.29 is 4.74 Å². The molecule has 0 aromatic rings. The molecule has 0 aromatic heterocycles. The largest absolute Gasteiger partial charge is 0.381 e. The minimum Gasteiger partial charge on any atom is -0.381 e. The average molecular weight is 226 g/mol. The number of ether oxygens (including phenoxy) is 1. The Kier molecular flexibility index (Phi) is 4.22. The van der Waals surface area contributed by atoms with E-state index < -0.39 is 0 Å². The molecular weight excluding hydrogens is 200 g/mol. The van der Waals surface area contributed by atoms with E-state index in [2.05, 4.69) is 24.5 Å². The molecule has 94 valence electrons. The van der Waals surface area contributed by atoms with E-state index in [1.165, 1.54) is 32.2 Å². The van der Waals surface area contributed by atoms with Crippen molar-refractivity contribution in [3.63, 3.8) is 0 Å². The highest BCUT2D eigenvalue weighted by Crippen LogP contribution is 2.23. The van der Waals surface area contributed by atoms with Crippen molar-refractivity contribution in [2.75, 3.05) is 26.3 Å². The number of hydrogen-bond acceptors (Lipinski definition) is 3. The Morgan fingerprint density at radius 2 is 2.44 bits per heavy atom. The molecule has 0 spiro atoms. The summed E-state index contributed by atoms with van der Waals surface area (Å²) in [5.74, 6) is 0.718. The molecule has 2 heterocycles. The Hall–Kier alpha value is -0.120. The summed E-state index contributed by atoms with van der Waals surface area (Å²) in [5.41, 5.74) is 0.369. The maximum absolute atomic E-state index is 5.45. The molecule has 2 N–H and O–H groups in total. The first kappa shape index (κ1) is 12.3. The second kappa shape index (κ2) is 5.48. The zero-order valence-corrected chi connectivity index (χ0v) is 10.7. The van der Waals surface area contributed by atoms with Crippen molar-refractivity contribution in [3.8, 4) is 0 Å². The van der Waals surface area contributed by atoms with Crippen molar-refractivity contribution in [1.29, 1.82) is 0 Å². The molecule has 0 aliphatic carbocycles. The quantitative estimate of drug-likeness (QED) is 0.746. The lowest BCUT2D eigenvalue weighted by Crippen LogP contribution is -2.51. The highest BCUT2D eigenvalue weighted by atomic mass is 16.5. The third-order valence-corrected chi connectivity index (χ3v) is 4.44. The zero-order chi connectivity index (χ0) is 11.4. The fraction of sp³-hybridized carbons (Fsp3) is 1.00. The lowest BCUT2D eigenvalue weighted by atomic mass is 9.92. The van der Waals surface area contributed by atoms with Crippen molar-refractivity contribution in [3.05, 3.63) is 0 Å². The second-order valence-electron chi connectivity index (χ2n) is 5.46. The molecular formula is C13H26N2O. The SMILES string of the molecule is CCC1(CNC(C)C2CCOC2)CCCN1. The van der Waals surface area contributed by atoms with Crippen LogP contribution in [0.15, 0.2) is 0 Å². The molecule has 0 radical (unpaired) electrons. The lowest BCUT2D eigenvalue weighted by Gasteiger charge is -2.31. The van der Waals surface area contributed by atoms with E-state index in [4.69, 9.17) is 4.74 Å². The molecule has 0 aromatic carbocycles.